The molecule has 5 nitrogen and oxygen atoms in total. The largest absolute Gasteiger partial charge is 0.353 e. The summed E-state index contributed by atoms with van der Waals surface area (Å²) in [5.41, 5.74) is 1.13. The van der Waals surface area contributed by atoms with Gasteiger partial charge in [0.1, 0.15) is 0 Å². The molecule has 0 aromatic heterocycles. The van der Waals surface area contributed by atoms with Gasteiger partial charge >= 0.3 is 0 Å². The fourth-order valence-electron chi connectivity index (χ4n) is 3.66. The molecular formula is C22H31N3O2. The molecule has 1 aromatic carbocycles. The number of carbonyl (C=O) groups excluding carboxylic acids is 2. The molecule has 0 bridgehead atoms. The fraction of sp³-hybridized carbons (Fsp3) is 0.545. The molecule has 2 amide bonds. The Balaban J connectivity index is 1.62. The summed E-state index contributed by atoms with van der Waals surface area (Å²) in [6.07, 6.45) is 6.52. The van der Waals surface area contributed by atoms with E-state index in [2.05, 4.69) is 48.3 Å². The summed E-state index contributed by atoms with van der Waals surface area (Å²) in [5.74, 6) is 0.554. The third-order valence-electron chi connectivity index (χ3n) is 5.13. The lowest BCUT2D eigenvalue weighted by Crippen LogP contribution is -2.57. The van der Waals surface area contributed by atoms with Crippen molar-refractivity contribution in [3.63, 3.8) is 0 Å². The second kappa shape index (κ2) is 9.18. The first-order valence-electron chi connectivity index (χ1n) is 10.1. The Hall–Kier alpha value is -2.14. The lowest BCUT2D eigenvalue weighted by atomic mass is 10.1. The van der Waals surface area contributed by atoms with Crippen LogP contribution < -0.4 is 5.32 Å². The molecule has 1 saturated heterocycles. The summed E-state index contributed by atoms with van der Waals surface area (Å²) in [5, 5.41) is 2.92. The number of benzene rings is 1. The predicted octanol–water partition coefficient (Wildman–Crippen LogP) is 2.54. The summed E-state index contributed by atoms with van der Waals surface area (Å²) in [4.78, 5) is 29.5. The maximum atomic E-state index is 13.0. The van der Waals surface area contributed by atoms with Gasteiger partial charge in [0.25, 0.3) is 0 Å². The molecule has 1 heterocycles. The number of nitrogens with zero attached hydrogens (tertiary/aromatic N) is 2. The number of piperazine rings is 1. The first kappa shape index (κ1) is 19.6. The van der Waals surface area contributed by atoms with Crippen molar-refractivity contribution in [1.29, 1.82) is 0 Å². The zero-order chi connectivity index (χ0) is 19.2. The highest BCUT2D eigenvalue weighted by molar-refractivity contribution is 5.89. The second-order valence-corrected chi connectivity index (χ2v) is 7.99. The number of amides is 2. The van der Waals surface area contributed by atoms with Gasteiger partial charge in [-0.2, -0.15) is 0 Å². The average Bonchev–Trinajstić information content (AvgIpc) is 3.47. The third-order valence-corrected chi connectivity index (χ3v) is 5.13. The van der Waals surface area contributed by atoms with E-state index in [-0.39, 0.29) is 24.3 Å². The van der Waals surface area contributed by atoms with E-state index in [1.54, 1.807) is 0 Å². The Morgan fingerprint density at radius 1 is 1.30 bits per heavy atom. The van der Waals surface area contributed by atoms with Crippen molar-refractivity contribution >= 4 is 17.9 Å². The van der Waals surface area contributed by atoms with Crippen LogP contribution in [0.2, 0.25) is 0 Å². The van der Waals surface area contributed by atoms with E-state index in [1.807, 2.05) is 23.1 Å². The minimum Gasteiger partial charge on any atom is -0.353 e. The first-order chi connectivity index (χ1) is 13.0. The molecule has 1 N–H and O–H groups in total. The van der Waals surface area contributed by atoms with Gasteiger partial charge < -0.3 is 10.2 Å². The van der Waals surface area contributed by atoms with Gasteiger partial charge in [0.05, 0.1) is 12.5 Å². The summed E-state index contributed by atoms with van der Waals surface area (Å²) < 4.78 is 0. The van der Waals surface area contributed by atoms with Crippen LogP contribution in [0.15, 0.2) is 36.4 Å². The Bertz CT molecular complexity index is 667. The molecule has 3 rings (SSSR count). The van der Waals surface area contributed by atoms with Crippen LogP contribution in [-0.2, 0) is 9.59 Å². The normalized spacial score (nSPS) is 20.9. The van der Waals surface area contributed by atoms with E-state index in [4.69, 9.17) is 0 Å². The van der Waals surface area contributed by atoms with E-state index in [1.165, 1.54) is 0 Å². The Morgan fingerprint density at radius 2 is 2.04 bits per heavy atom. The minimum atomic E-state index is -0.340. The SMILES string of the molecule is CC(C)CN1CCNC(=O)[C@@H]1CC(=O)N(C/C=C/c1ccccc1)C1CC1. The van der Waals surface area contributed by atoms with Crippen molar-refractivity contribution in [3.05, 3.63) is 42.0 Å². The smallest absolute Gasteiger partial charge is 0.237 e. The van der Waals surface area contributed by atoms with Gasteiger partial charge in [-0.25, -0.2) is 0 Å². The number of hydrogen-bond acceptors (Lipinski definition) is 3. The summed E-state index contributed by atoms with van der Waals surface area (Å²) in [6, 6.07) is 10.1. The monoisotopic (exact) mass is 369 g/mol. The number of hydrogen-bond donors (Lipinski definition) is 1. The Kier molecular flexibility index (Phi) is 6.67. The highest BCUT2D eigenvalue weighted by Gasteiger charge is 2.37. The van der Waals surface area contributed by atoms with Crippen molar-refractivity contribution in [2.75, 3.05) is 26.2 Å². The molecule has 2 fully saturated rings. The molecule has 1 atom stereocenters. The molecular weight excluding hydrogens is 338 g/mol. The zero-order valence-corrected chi connectivity index (χ0v) is 16.4. The Labute approximate surface area is 162 Å². The standard InChI is InChI=1S/C22H31N3O2/c1-17(2)16-24-14-12-23-22(27)20(24)15-21(26)25(19-10-11-19)13-6-9-18-7-4-3-5-8-18/h3-9,17,19-20H,10-16H2,1-2H3,(H,23,27)/b9-6+/t20-/m0/s1. The number of nitrogens with one attached hydrogen (secondary N) is 1. The minimum absolute atomic E-state index is 0.00850. The van der Waals surface area contributed by atoms with Crippen LogP contribution >= 0.6 is 0 Å². The average molecular weight is 370 g/mol. The van der Waals surface area contributed by atoms with Gasteiger partial charge in [0.15, 0.2) is 0 Å². The zero-order valence-electron chi connectivity index (χ0n) is 16.4. The highest BCUT2D eigenvalue weighted by Crippen LogP contribution is 2.28. The van der Waals surface area contributed by atoms with Gasteiger partial charge in [0, 0.05) is 32.2 Å². The van der Waals surface area contributed by atoms with Crippen molar-refractivity contribution in [3.8, 4) is 0 Å². The molecule has 0 radical (unpaired) electrons. The van der Waals surface area contributed by atoms with Crippen LogP contribution in [-0.4, -0.2) is 59.9 Å². The van der Waals surface area contributed by atoms with Crippen LogP contribution in [0.1, 0.15) is 38.7 Å². The van der Waals surface area contributed by atoms with Crippen LogP contribution in [0, 0.1) is 5.92 Å². The summed E-state index contributed by atoms with van der Waals surface area (Å²) in [6.45, 7) is 7.24. The lowest BCUT2D eigenvalue weighted by Gasteiger charge is -2.36. The quantitative estimate of drug-likeness (QED) is 0.766. The van der Waals surface area contributed by atoms with E-state index < -0.39 is 0 Å². The van der Waals surface area contributed by atoms with E-state index >= 15 is 0 Å². The topological polar surface area (TPSA) is 52.7 Å². The van der Waals surface area contributed by atoms with Gasteiger partial charge in [-0.3, -0.25) is 14.5 Å². The van der Waals surface area contributed by atoms with Crippen LogP contribution in [0.4, 0.5) is 0 Å². The number of rotatable bonds is 8. The molecule has 0 spiro atoms. The van der Waals surface area contributed by atoms with E-state index in [0.717, 1.165) is 31.5 Å². The molecule has 1 aliphatic carbocycles. The number of carbonyl (C=O) groups is 2. The molecule has 146 valence electrons. The summed E-state index contributed by atoms with van der Waals surface area (Å²) in [7, 11) is 0. The molecule has 1 aromatic rings. The van der Waals surface area contributed by atoms with Crippen LogP contribution in [0.5, 0.6) is 0 Å². The first-order valence-corrected chi connectivity index (χ1v) is 10.1. The lowest BCUT2D eigenvalue weighted by molar-refractivity contribution is -0.139. The molecule has 2 aliphatic rings. The fourth-order valence-corrected chi connectivity index (χ4v) is 3.66. The predicted molar refractivity (Wildman–Crippen MR) is 108 cm³/mol. The Morgan fingerprint density at radius 3 is 2.70 bits per heavy atom. The van der Waals surface area contributed by atoms with Crippen molar-refractivity contribution < 1.29 is 9.59 Å². The van der Waals surface area contributed by atoms with E-state index in [0.29, 0.717) is 25.0 Å². The molecule has 5 heteroatoms. The molecule has 1 aliphatic heterocycles. The van der Waals surface area contributed by atoms with Crippen molar-refractivity contribution in [2.24, 2.45) is 5.92 Å². The van der Waals surface area contributed by atoms with Crippen LogP contribution in [0.3, 0.4) is 0 Å². The van der Waals surface area contributed by atoms with Crippen molar-refractivity contribution in [2.45, 2.75) is 45.2 Å². The van der Waals surface area contributed by atoms with Gasteiger partial charge in [0.2, 0.25) is 11.8 Å². The van der Waals surface area contributed by atoms with Gasteiger partial charge in [-0.05, 0) is 24.3 Å². The molecule has 0 unspecified atom stereocenters. The highest BCUT2D eigenvalue weighted by atomic mass is 16.2. The van der Waals surface area contributed by atoms with E-state index in [9.17, 15) is 9.59 Å². The molecule has 1 saturated carbocycles. The second-order valence-electron chi connectivity index (χ2n) is 7.99. The summed E-state index contributed by atoms with van der Waals surface area (Å²) >= 11 is 0. The maximum absolute atomic E-state index is 13.0. The maximum Gasteiger partial charge on any atom is 0.237 e. The van der Waals surface area contributed by atoms with Gasteiger partial charge in [-0.15, -0.1) is 0 Å². The van der Waals surface area contributed by atoms with Crippen LogP contribution in [0.25, 0.3) is 6.08 Å². The van der Waals surface area contributed by atoms with Gasteiger partial charge in [-0.1, -0.05) is 56.3 Å². The molecule has 27 heavy (non-hydrogen) atoms. The van der Waals surface area contributed by atoms with Crippen molar-refractivity contribution in [1.82, 2.24) is 15.1 Å². The third kappa shape index (κ3) is 5.67.